The number of hydrogen-bond donors (Lipinski definition) is 3. The minimum Gasteiger partial charge on any atom is -0.350 e. The Labute approximate surface area is 124 Å². The molecule has 2 aromatic rings. The third kappa shape index (κ3) is 4.23. The topological polar surface area (TPSA) is 104 Å². The quantitative estimate of drug-likeness (QED) is 0.680. The molecule has 0 bridgehead atoms. The number of H-pyrrole nitrogens is 1. The summed E-state index contributed by atoms with van der Waals surface area (Å²) in [6.45, 7) is 0.338. The van der Waals surface area contributed by atoms with Crippen LogP contribution in [0.2, 0.25) is 0 Å². The van der Waals surface area contributed by atoms with Gasteiger partial charge in [-0.05, 0) is 24.3 Å². The molecule has 0 unspecified atom stereocenters. The highest BCUT2D eigenvalue weighted by atomic mass is 19.1. The molecular formula is C14H13FN4O3. The van der Waals surface area contributed by atoms with Gasteiger partial charge in [0.2, 0.25) is 0 Å². The molecule has 0 atom stereocenters. The SMILES string of the molecule is O=C(NCCNC(=O)c1ccc(=O)[nH]n1)c1cccc(F)c1. The first kappa shape index (κ1) is 15.4. The maximum Gasteiger partial charge on any atom is 0.271 e. The van der Waals surface area contributed by atoms with Crippen molar-refractivity contribution in [3.05, 3.63) is 63.8 Å². The Hall–Kier alpha value is -3.03. The van der Waals surface area contributed by atoms with Crippen LogP contribution in [-0.4, -0.2) is 35.1 Å². The minimum absolute atomic E-state index is 0.0658. The zero-order valence-corrected chi connectivity index (χ0v) is 11.4. The molecule has 0 aliphatic carbocycles. The van der Waals surface area contributed by atoms with Crippen LogP contribution in [0.25, 0.3) is 0 Å². The zero-order chi connectivity index (χ0) is 15.9. The smallest absolute Gasteiger partial charge is 0.271 e. The van der Waals surface area contributed by atoms with Crippen molar-refractivity contribution in [3.8, 4) is 0 Å². The molecule has 22 heavy (non-hydrogen) atoms. The number of carbonyl (C=O) groups is 2. The normalized spacial score (nSPS) is 10.0. The van der Waals surface area contributed by atoms with Gasteiger partial charge in [-0.1, -0.05) is 6.07 Å². The Balaban J connectivity index is 1.77. The van der Waals surface area contributed by atoms with Gasteiger partial charge in [0, 0.05) is 24.7 Å². The lowest BCUT2D eigenvalue weighted by Crippen LogP contribution is -2.35. The first-order valence-electron chi connectivity index (χ1n) is 6.44. The van der Waals surface area contributed by atoms with Crippen molar-refractivity contribution in [2.45, 2.75) is 0 Å². The molecule has 1 heterocycles. The number of amides is 2. The summed E-state index contributed by atoms with van der Waals surface area (Å²) in [4.78, 5) is 34.2. The fraction of sp³-hybridized carbons (Fsp3) is 0.143. The summed E-state index contributed by atoms with van der Waals surface area (Å²) < 4.78 is 13.0. The van der Waals surface area contributed by atoms with Crippen LogP contribution in [0.3, 0.4) is 0 Å². The lowest BCUT2D eigenvalue weighted by atomic mass is 10.2. The first-order valence-corrected chi connectivity index (χ1v) is 6.44. The Kier molecular flexibility index (Phi) is 4.97. The molecular weight excluding hydrogens is 291 g/mol. The molecule has 0 saturated carbocycles. The van der Waals surface area contributed by atoms with Crippen LogP contribution in [-0.2, 0) is 0 Å². The molecule has 1 aromatic carbocycles. The average Bonchev–Trinajstić information content (AvgIpc) is 2.51. The number of benzene rings is 1. The maximum absolute atomic E-state index is 13.0. The van der Waals surface area contributed by atoms with E-state index >= 15 is 0 Å². The fourth-order valence-corrected chi connectivity index (χ4v) is 1.65. The number of aromatic amines is 1. The third-order valence-corrected chi connectivity index (χ3v) is 2.69. The van der Waals surface area contributed by atoms with E-state index in [4.69, 9.17) is 0 Å². The van der Waals surface area contributed by atoms with Crippen LogP contribution in [0.4, 0.5) is 4.39 Å². The lowest BCUT2D eigenvalue weighted by molar-refractivity contribution is 0.0924. The number of halogens is 1. The van der Waals surface area contributed by atoms with Gasteiger partial charge in [-0.3, -0.25) is 14.4 Å². The van der Waals surface area contributed by atoms with Crippen molar-refractivity contribution >= 4 is 11.8 Å². The number of nitrogens with one attached hydrogen (secondary N) is 3. The van der Waals surface area contributed by atoms with E-state index in [0.29, 0.717) is 0 Å². The molecule has 0 spiro atoms. The summed E-state index contributed by atoms with van der Waals surface area (Å²) in [6, 6.07) is 7.77. The molecule has 7 nitrogen and oxygen atoms in total. The molecule has 1 aromatic heterocycles. The van der Waals surface area contributed by atoms with Gasteiger partial charge in [-0.25, -0.2) is 9.49 Å². The van der Waals surface area contributed by atoms with Crippen LogP contribution >= 0.6 is 0 Å². The van der Waals surface area contributed by atoms with E-state index in [1.54, 1.807) is 0 Å². The number of carbonyl (C=O) groups excluding carboxylic acids is 2. The molecule has 0 saturated heterocycles. The van der Waals surface area contributed by atoms with Gasteiger partial charge >= 0.3 is 0 Å². The van der Waals surface area contributed by atoms with E-state index in [2.05, 4.69) is 20.8 Å². The van der Waals surface area contributed by atoms with Crippen LogP contribution in [0.15, 0.2) is 41.2 Å². The second kappa shape index (κ2) is 7.11. The van der Waals surface area contributed by atoms with Crippen molar-refractivity contribution in [2.24, 2.45) is 0 Å². The molecule has 2 rings (SSSR count). The Bertz CT molecular complexity index is 724. The third-order valence-electron chi connectivity index (χ3n) is 2.69. The van der Waals surface area contributed by atoms with Crippen LogP contribution in [0.5, 0.6) is 0 Å². The molecule has 0 fully saturated rings. The second-order valence-electron chi connectivity index (χ2n) is 4.33. The number of hydrogen-bond acceptors (Lipinski definition) is 4. The zero-order valence-electron chi connectivity index (χ0n) is 11.4. The summed E-state index contributed by atoms with van der Waals surface area (Å²) in [7, 11) is 0. The van der Waals surface area contributed by atoms with Gasteiger partial charge in [-0.15, -0.1) is 0 Å². The van der Waals surface area contributed by atoms with Gasteiger partial charge < -0.3 is 10.6 Å². The van der Waals surface area contributed by atoms with Crippen LogP contribution in [0, 0.1) is 5.82 Å². The molecule has 0 radical (unpaired) electrons. The summed E-state index contributed by atoms with van der Waals surface area (Å²) >= 11 is 0. The summed E-state index contributed by atoms with van der Waals surface area (Å²) in [5.74, 6) is -1.41. The highest BCUT2D eigenvalue weighted by Crippen LogP contribution is 2.02. The van der Waals surface area contributed by atoms with E-state index in [-0.39, 0.29) is 24.3 Å². The van der Waals surface area contributed by atoms with Crippen LogP contribution < -0.4 is 16.2 Å². The van der Waals surface area contributed by atoms with E-state index < -0.39 is 23.2 Å². The lowest BCUT2D eigenvalue weighted by Gasteiger charge is -2.06. The van der Waals surface area contributed by atoms with Crippen molar-refractivity contribution in [2.75, 3.05) is 13.1 Å². The highest BCUT2D eigenvalue weighted by Gasteiger charge is 2.08. The molecule has 3 N–H and O–H groups in total. The Morgan fingerprint density at radius 3 is 2.45 bits per heavy atom. The van der Waals surface area contributed by atoms with Gasteiger partial charge in [0.15, 0.2) is 0 Å². The maximum atomic E-state index is 13.0. The Morgan fingerprint density at radius 2 is 1.82 bits per heavy atom. The monoisotopic (exact) mass is 304 g/mol. The fourth-order valence-electron chi connectivity index (χ4n) is 1.65. The summed E-state index contributed by atoms with van der Waals surface area (Å²) in [5, 5.41) is 10.8. The van der Waals surface area contributed by atoms with E-state index in [9.17, 15) is 18.8 Å². The Morgan fingerprint density at radius 1 is 1.09 bits per heavy atom. The second-order valence-corrected chi connectivity index (χ2v) is 4.33. The minimum atomic E-state index is -0.495. The number of nitrogens with zero attached hydrogens (tertiary/aromatic N) is 1. The summed E-state index contributed by atoms with van der Waals surface area (Å²) in [6.07, 6.45) is 0. The number of rotatable bonds is 5. The predicted octanol–water partition coefficient (Wildman–Crippen LogP) is 0.0688. The van der Waals surface area contributed by atoms with E-state index in [1.807, 2.05) is 0 Å². The van der Waals surface area contributed by atoms with Gasteiger partial charge in [0.25, 0.3) is 17.4 Å². The molecule has 114 valence electrons. The van der Waals surface area contributed by atoms with Crippen molar-refractivity contribution in [1.82, 2.24) is 20.8 Å². The molecule has 0 aliphatic heterocycles. The molecule has 2 amide bonds. The van der Waals surface area contributed by atoms with Crippen molar-refractivity contribution in [3.63, 3.8) is 0 Å². The van der Waals surface area contributed by atoms with Gasteiger partial charge in [-0.2, -0.15) is 5.10 Å². The first-order chi connectivity index (χ1) is 10.6. The van der Waals surface area contributed by atoms with Crippen molar-refractivity contribution in [1.29, 1.82) is 0 Å². The van der Waals surface area contributed by atoms with E-state index in [1.165, 1.54) is 30.3 Å². The average molecular weight is 304 g/mol. The predicted molar refractivity (Wildman–Crippen MR) is 75.9 cm³/mol. The molecule has 0 aliphatic rings. The van der Waals surface area contributed by atoms with Crippen LogP contribution in [0.1, 0.15) is 20.8 Å². The van der Waals surface area contributed by atoms with Crippen molar-refractivity contribution < 1.29 is 14.0 Å². The molecule has 8 heteroatoms. The van der Waals surface area contributed by atoms with Gasteiger partial charge in [0.05, 0.1) is 0 Å². The largest absolute Gasteiger partial charge is 0.350 e. The summed E-state index contributed by atoms with van der Waals surface area (Å²) in [5.41, 5.74) is -0.136. The number of aromatic nitrogens is 2. The van der Waals surface area contributed by atoms with E-state index in [0.717, 1.165) is 6.07 Å². The standard InChI is InChI=1S/C14H13FN4O3/c15-10-3-1-2-9(8-10)13(21)16-6-7-17-14(22)11-4-5-12(20)19-18-11/h1-5,8H,6-7H2,(H,16,21)(H,17,22)(H,19,20). The van der Waals surface area contributed by atoms with Gasteiger partial charge in [0.1, 0.15) is 11.5 Å². The highest BCUT2D eigenvalue weighted by molar-refractivity contribution is 5.94.